The van der Waals surface area contributed by atoms with E-state index in [2.05, 4.69) is 5.32 Å². The zero-order chi connectivity index (χ0) is 19.1. The lowest BCUT2D eigenvalue weighted by atomic mass is 10.1. The molecule has 0 aromatic heterocycles. The van der Waals surface area contributed by atoms with Crippen LogP contribution < -0.4 is 14.8 Å². The number of thioether (sulfide) groups is 1. The van der Waals surface area contributed by atoms with Gasteiger partial charge >= 0.3 is 5.97 Å². The van der Waals surface area contributed by atoms with E-state index in [1.165, 1.54) is 39.2 Å². The van der Waals surface area contributed by atoms with Gasteiger partial charge in [-0.05, 0) is 19.1 Å². The largest absolute Gasteiger partial charge is 0.493 e. The summed E-state index contributed by atoms with van der Waals surface area (Å²) in [4.78, 5) is 25.6. The second-order valence-electron chi connectivity index (χ2n) is 5.31. The molecule has 0 aliphatic heterocycles. The van der Waals surface area contributed by atoms with Gasteiger partial charge in [-0.1, -0.05) is 18.2 Å². The first-order valence-electron chi connectivity index (χ1n) is 7.87. The molecule has 0 saturated carbocycles. The summed E-state index contributed by atoms with van der Waals surface area (Å²) in [6.45, 7) is 1.80. The van der Waals surface area contributed by atoms with E-state index in [1.807, 2.05) is 30.3 Å². The standard InChI is InChI=1S/C19H21NO5S/c1-12(26-13-8-6-5-7-9-13)18(21)20-15-11-17(24-3)16(23-2)10-14(15)19(22)25-4/h5-12H,1-4H3,(H,20,21)/t12-/m1/s1. The zero-order valence-electron chi connectivity index (χ0n) is 15.1. The maximum Gasteiger partial charge on any atom is 0.340 e. The minimum Gasteiger partial charge on any atom is -0.493 e. The molecule has 2 rings (SSSR count). The third-order valence-electron chi connectivity index (χ3n) is 3.61. The maximum atomic E-state index is 12.6. The van der Waals surface area contributed by atoms with Crippen LogP contribution in [0.3, 0.4) is 0 Å². The lowest BCUT2D eigenvalue weighted by Crippen LogP contribution is -2.24. The second-order valence-corrected chi connectivity index (χ2v) is 6.72. The molecule has 1 atom stereocenters. The first kappa shape index (κ1) is 19.7. The third-order valence-corrected chi connectivity index (χ3v) is 4.72. The molecule has 2 aromatic carbocycles. The van der Waals surface area contributed by atoms with Crippen LogP contribution in [-0.4, -0.2) is 38.5 Å². The van der Waals surface area contributed by atoms with Crippen molar-refractivity contribution in [2.75, 3.05) is 26.6 Å². The zero-order valence-corrected chi connectivity index (χ0v) is 15.9. The number of anilines is 1. The van der Waals surface area contributed by atoms with Crippen LogP contribution in [0.1, 0.15) is 17.3 Å². The Balaban J connectivity index is 2.25. The molecule has 0 radical (unpaired) electrons. The van der Waals surface area contributed by atoms with Crippen LogP contribution in [0.25, 0.3) is 0 Å². The summed E-state index contributed by atoms with van der Waals surface area (Å²) in [5.41, 5.74) is 0.496. The Hall–Kier alpha value is -2.67. The van der Waals surface area contributed by atoms with Crippen molar-refractivity contribution in [3.63, 3.8) is 0 Å². The van der Waals surface area contributed by atoms with Gasteiger partial charge in [0, 0.05) is 17.0 Å². The normalized spacial score (nSPS) is 11.4. The Morgan fingerprint density at radius 3 is 2.19 bits per heavy atom. The minimum atomic E-state index is -0.579. The van der Waals surface area contributed by atoms with Gasteiger partial charge in [-0.25, -0.2) is 4.79 Å². The number of methoxy groups -OCH3 is 3. The number of amides is 1. The van der Waals surface area contributed by atoms with E-state index in [0.717, 1.165) is 4.90 Å². The monoisotopic (exact) mass is 375 g/mol. The molecule has 0 spiro atoms. The predicted molar refractivity (Wildman–Crippen MR) is 101 cm³/mol. The Morgan fingerprint density at radius 2 is 1.62 bits per heavy atom. The number of hydrogen-bond acceptors (Lipinski definition) is 6. The lowest BCUT2D eigenvalue weighted by Gasteiger charge is -2.16. The van der Waals surface area contributed by atoms with Gasteiger partial charge in [0.15, 0.2) is 11.5 Å². The molecule has 0 bridgehead atoms. The van der Waals surface area contributed by atoms with E-state index >= 15 is 0 Å². The number of rotatable bonds is 7. The van der Waals surface area contributed by atoms with Crippen molar-refractivity contribution >= 4 is 29.3 Å². The topological polar surface area (TPSA) is 73.9 Å². The summed E-state index contributed by atoms with van der Waals surface area (Å²) in [6.07, 6.45) is 0. The Kier molecular flexibility index (Phi) is 6.91. The molecule has 2 aromatic rings. The van der Waals surface area contributed by atoms with Crippen LogP contribution in [0.5, 0.6) is 11.5 Å². The SMILES string of the molecule is COC(=O)c1cc(OC)c(OC)cc1NC(=O)[C@@H](C)Sc1ccccc1. The highest BCUT2D eigenvalue weighted by Gasteiger charge is 2.21. The van der Waals surface area contributed by atoms with Crippen LogP contribution in [-0.2, 0) is 9.53 Å². The molecule has 0 aliphatic carbocycles. The molecule has 138 valence electrons. The van der Waals surface area contributed by atoms with Crippen molar-refractivity contribution in [1.29, 1.82) is 0 Å². The Labute approximate surface area is 156 Å². The highest BCUT2D eigenvalue weighted by atomic mass is 32.2. The van der Waals surface area contributed by atoms with Crippen molar-refractivity contribution in [3.8, 4) is 11.5 Å². The summed E-state index contributed by atoms with van der Waals surface area (Å²) in [7, 11) is 4.23. The predicted octanol–water partition coefficient (Wildman–Crippen LogP) is 3.61. The second kappa shape index (κ2) is 9.15. The van der Waals surface area contributed by atoms with E-state index in [-0.39, 0.29) is 16.7 Å². The van der Waals surface area contributed by atoms with Crippen LogP contribution in [0, 0.1) is 0 Å². The lowest BCUT2D eigenvalue weighted by molar-refractivity contribution is -0.115. The smallest absolute Gasteiger partial charge is 0.340 e. The van der Waals surface area contributed by atoms with Crippen molar-refractivity contribution < 1.29 is 23.8 Å². The molecular weight excluding hydrogens is 354 g/mol. The molecule has 1 amide bonds. The molecule has 1 N–H and O–H groups in total. The van der Waals surface area contributed by atoms with Gasteiger partial charge < -0.3 is 19.5 Å². The number of benzene rings is 2. The number of hydrogen-bond donors (Lipinski definition) is 1. The third kappa shape index (κ3) is 4.70. The van der Waals surface area contributed by atoms with Gasteiger partial charge in [0.1, 0.15) is 0 Å². The van der Waals surface area contributed by atoms with E-state index < -0.39 is 5.97 Å². The Morgan fingerprint density at radius 1 is 1.00 bits per heavy atom. The molecule has 0 aliphatic rings. The van der Waals surface area contributed by atoms with Gasteiger partial charge in [-0.15, -0.1) is 11.8 Å². The van der Waals surface area contributed by atoms with Crippen molar-refractivity contribution in [2.45, 2.75) is 17.1 Å². The van der Waals surface area contributed by atoms with E-state index in [1.54, 1.807) is 13.0 Å². The van der Waals surface area contributed by atoms with E-state index in [0.29, 0.717) is 17.2 Å². The number of nitrogens with one attached hydrogen (secondary N) is 1. The average molecular weight is 375 g/mol. The molecule has 7 heteroatoms. The highest BCUT2D eigenvalue weighted by Crippen LogP contribution is 2.34. The maximum absolute atomic E-state index is 12.6. The van der Waals surface area contributed by atoms with Crippen molar-refractivity contribution in [3.05, 3.63) is 48.0 Å². The Bertz CT molecular complexity index is 779. The average Bonchev–Trinajstić information content (AvgIpc) is 2.67. The van der Waals surface area contributed by atoms with Crippen molar-refractivity contribution in [2.24, 2.45) is 0 Å². The molecule has 6 nitrogen and oxygen atoms in total. The van der Waals surface area contributed by atoms with Gasteiger partial charge in [-0.2, -0.15) is 0 Å². The summed E-state index contributed by atoms with van der Waals surface area (Å²) in [6, 6.07) is 12.6. The van der Waals surface area contributed by atoms with Gasteiger partial charge in [0.25, 0.3) is 0 Å². The molecule has 0 unspecified atom stereocenters. The van der Waals surface area contributed by atoms with E-state index in [4.69, 9.17) is 14.2 Å². The molecule has 0 heterocycles. The van der Waals surface area contributed by atoms with Gasteiger partial charge in [-0.3, -0.25) is 4.79 Å². The minimum absolute atomic E-state index is 0.190. The first-order chi connectivity index (χ1) is 12.5. The van der Waals surface area contributed by atoms with Crippen LogP contribution in [0.15, 0.2) is 47.4 Å². The molecule has 0 fully saturated rings. The van der Waals surface area contributed by atoms with Crippen molar-refractivity contribution in [1.82, 2.24) is 0 Å². The number of carbonyl (C=O) groups is 2. The summed E-state index contributed by atoms with van der Waals surface area (Å²) < 4.78 is 15.3. The van der Waals surface area contributed by atoms with Gasteiger partial charge in [0.05, 0.1) is 37.8 Å². The van der Waals surface area contributed by atoms with Crippen LogP contribution >= 0.6 is 11.8 Å². The molecule has 0 saturated heterocycles. The first-order valence-corrected chi connectivity index (χ1v) is 8.75. The number of ether oxygens (including phenoxy) is 3. The van der Waals surface area contributed by atoms with Crippen LogP contribution in [0.2, 0.25) is 0 Å². The molecule has 26 heavy (non-hydrogen) atoms. The summed E-state index contributed by atoms with van der Waals surface area (Å²) in [5.74, 6) is -0.0442. The van der Waals surface area contributed by atoms with Crippen LogP contribution in [0.4, 0.5) is 5.69 Å². The summed E-state index contributed by atoms with van der Waals surface area (Å²) >= 11 is 1.42. The highest BCUT2D eigenvalue weighted by molar-refractivity contribution is 8.00. The number of carbonyl (C=O) groups excluding carboxylic acids is 2. The fraction of sp³-hybridized carbons (Fsp3) is 0.263. The molecular formula is C19H21NO5S. The van der Waals surface area contributed by atoms with E-state index in [9.17, 15) is 9.59 Å². The summed E-state index contributed by atoms with van der Waals surface area (Å²) in [5, 5.41) is 2.41. The number of esters is 1. The fourth-order valence-electron chi connectivity index (χ4n) is 2.25. The fourth-order valence-corrected chi connectivity index (χ4v) is 3.14. The quantitative estimate of drug-likeness (QED) is 0.589. The van der Waals surface area contributed by atoms with Gasteiger partial charge in [0.2, 0.25) is 5.91 Å².